The number of rotatable bonds is 10. The number of alkyl carbamates (subject to hydrolysis) is 1. The van der Waals surface area contributed by atoms with Crippen molar-refractivity contribution >= 4 is 40.3 Å². The summed E-state index contributed by atoms with van der Waals surface area (Å²) in [6.07, 6.45) is 3.60. The van der Waals surface area contributed by atoms with E-state index in [0.29, 0.717) is 36.3 Å². The molecule has 0 spiro atoms. The topological polar surface area (TPSA) is 148 Å². The number of aryl methyl sites for hydroxylation is 2. The van der Waals surface area contributed by atoms with Crippen molar-refractivity contribution < 1.29 is 28.2 Å². The van der Waals surface area contributed by atoms with Crippen molar-refractivity contribution in [1.82, 2.24) is 39.9 Å². The number of nitrogens with one attached hydrogen (secondary N) is 2. The maximum Gasteiger partial charge on any atom is 0.407 e. The van der Waals surface area contributed by atoms with Crippen LogP contribution in [-0.4, -0.2) is 91.9 Å². The van der Waals surface area contributed by atoms with Crippen LogP contribution in [0.2, 0.25) is 0 Å². The number of imide groups is 1. The number of nitrogens with zero attached hydrogens (tertiary/aromatic N) is 7. The lowest BCUT2D eigenvalue weighted by atomic mass is 9.89. The van der Waals surface area contributed by atoms with Gasteiger partial charge in [-0.1, -0.05) is 18.2 Å². The zero-order chi connectivity index (χ0) is 38.1. The summed E-state index contributed by atoms with van der Waals surface area (Å²) in [6, 6.07) is 13.5. The molecule has 1 atom stereocenters. The molecule has 54 heavy (non-hydrogen) atoms. The van der Waals surface area contributed by atoms with Gasteiger partial charge in [0.2, 0.25) is 5.91 Å². The second kappa shape index (κ2) is 15.0. The van der Waals surface area contributed by atoms with E-state index in [-0.39, 0.29) is 25.5 Å². The van der Waals surface area contributed by atoms with E-state index in [0.717, 1.165) is 59.0 Å². The minimum Gasteiger partial charge on any atom is -0.489 e. The second-order valence-electron chi connectivity index (χ2n) is 15.1. The lowest BCUT2D eigenvalue weighted by molar-refractivity contribution is -0.120. The number of ether oxygens (including phenoxy) is 2. The summed E-state index contributed by atoms with van der Waals surface area (Å²) < 4.78 is 30.0. The lowest BCUT2D eigenvalue weighted by Gasteiger charge is -2.33. The summed E-state index contributed by atoms with van der Waals surface area (Å²) in [5.74, 6) is 1.10. The number of piperidine rings is 1. The number of carbonyl (C=O) groups is 3. The molecule has 2 saturated heterocycles. The normalized spacial score (nSPS) is 16.5. The van der Waals surface area contributed by atoms with Gasteiger partial charge in [-0.15, -0.1) is 0 Å². The van der Waals surface area contributed by atoms with Crippen LogP contribution in [-0.2, 0) is 23.1 Å². The first-order chi connectivity index (χ1) is 25.8. The van der Waals surface area contributed by atoms with Crippen molar-refractivity contribution in [2.75, 3.05) is 37.7 Å². The molecule has 0 unspecified atom stereocenters. The summed E-state index contributed by atoms with van der Waals surface area (Å²) in [4.78, 5) is 44.4. The molecule has 2 N–H and O–H groups in total. The molecule has 7 rings (SSSR count). The number of amides is 4. The molecule has 14 nitrogen and oxygen atoms in total. The fraction of sp³-hybridized carbons (Fsp3) is 0.436. The van der Waals surface area contributed by atoms with E-state index in [9.17, 15) is 14.4 Å². The first kappa shape index (κ1) is 36.8. The van der Waals surface area contributed by atoms with Crippen LogP contribution in [0, 0.1) is 6.92 Å². The summed E-state index contributed by atoms with van der Waals surface area (Å²) >= 11 is 0. The van der Waals surface area contributed by atoms with Crippen molar-refractivity contribution in [3.8, 4) is 17.0 Å². The third kappa shape index (κ3) is 8.15. The zero-order valence-corrected chi connectivity index (χ0v) is 31.3. The van der Waals surface area contributed by atoms with E-state index in [1.54, 1.807) is 15.4 Å². The van der Waals surface area contributed by atoms with Gasteiger partial charge in [-0.3, -0.25) is 19.7 Å². The third-order valence-corrected chi connectivity index (χ3v) is 9.93. The summed E-state index contributed by atoms with van der Waals surface area (Å²) in [5.41, 5.74) is 5.82. The third-order valence-electron chi connectivity index (χ3n) is 9.93. The molecule has 15 heteroatoms. The molecule has 4 amide bonds. The Hall–Kier alpha value is -5.57. The quantitative estimate of drug-likeness (QED) is 0.185. The Morgan fingerprint density at radius 3 is 2.61 bits per heavy atom. The van der Waals surface area contributed by atoms with Crippen LogP contribution in [0.15, 0.2) is 55.0 Å². The van der Waals surface area contributed by atoms with E-state index < -0.39 is 23.9 Å². The number of aromatic nitrogens is 5. The van der Waals surface area contributed by atoms with Gasteiger partial charge in [-0.2, -0.15) is 10.2 Å². The van der Waals surface area contributed by atoms with Crippen molar-refractivity contribution in [3.05, 3.63) is 71.7 Å². The number of alkyl halides is 1. The standard InChI is InChI=1S/C39H46FN9O5/c1-24-16-27(6-7-28(24)19-41-38(52)54-39(2,3)4)35-33-18-30(21-49(33)43-23-42-35)53-22-29(40)20-47-13-10-25(11-14-47)26-8-9-31-32(17-26)46(5)45-36(31)48-15-12-34(50)44-37(48)51/h6-9,16-18,21,23,25,29H,10-15,19-20,22H2,1-5H3,(H,41,52)(H,44,50,51)/t29-/m0/s1. The van der Waals surface area contributed by atoms with Crippen molar-refractivity contribution in [3.63, 3.8) is 0 Å². The molecule has 2 aromatic carbocycles. The van der Waals surface area contributed by atoms with E-state index in [1.165, 1.54) is 16.8 Å². The predicted octanol–water partition coefficient (Wildman–Crippen LogP) is 5.66. The number of carbonyl (C=O) groups excluding carboxylic acids is 3. The fourth-order valence-electron chi connectivity index (χ4n) is 7.17. The predicted molar refractivity (Wildman–Crippen MR) is 201 cm³/mol. The molecule has 0 radical (unpaired) electrons. The number of halogens is 1. The molecular weight excluding hydrogens is 693 g/mol. The van der Waals surface area contributed by atoms with Gasteiger partial charge in [0, 0.05) is 50.1 Å². The summed E-state index contributed by atoms with van der Waals surface area (Å²) in [6.45, 7) is 9.82. The number of likely N-dealkylation sites (tertiary alicyclic amines) is 1. The number of benzene rings is 2. The van der Waals surface area contributed by atoms with Gasteiger partial charge in [0.05, 0.1) is 22.9 Å². The molecule has 2 aliphatic heterocycles. The lowest BCUT2D eigenvalue weighted by Crippen LogP contribution is -2.49. The molecule has 0 bridgehead atoms. The highest BCUT2D eigenvalue weighted by molar-refractivity contribution is 6.08. The average Bonchev–Trinajstić information content (AvgIpc) is 3.70. The SMILES string of the molecule is Cc1cc(-c2ncnn3cc(OC[C@@H](F)CN4CCC(c5ccc6c(N7CCC(=O)NC7=O)nn(C)c6c5)CC4)cc23)ccc1CNC(=O)OC(C)(C)C. The largest absolute Gasteiger partial charge is 0.489 e. The highest BCUT2D eigenvalue weighted by atomic mass is 19.1. The Morgan fingerprint density at radius 2 is 1.87 bits per heavy atom. The summed E-state index contributed by atoms with van der Waals surface area (Å²) in [7, 11) is 1.86. The Bertz CT molecular complexity index is 2200. The average molecular weight is 740 g/mol. The Kier molecular flexibility index (Phi) is 10.2. The van der Waals surface area contributed by atoms with Gasteiger partial charge in [-0.25, -0.2) is 23.5 Å². The highest BCUT2D eigenvalue weighted by Gasteiger charge is 2.29. The molecule has 5 aromatic rings. The number of hydrogen-bond donors (Lipinski definition) is 2. The van der Waals surface area contributed by atoms with Crippen LogP contribution in [0.1, 0.15) is 62.6 Å². The van der Waals surface area contributed by atoms with Crippen molar-refractivity contribution in [1.29, 1.82) is 0 Å². The molecule has 5 heterocycles. The number of fused-ring (bicyclic) bond motifs is 2. The Balaban J connectivity index is 0.918. The van der Waals surface area contributed by atoms with Gasteiger partial charge >= 0.3 is 12.1 Å². The number of anilines is 1. The van der Waals surface area contributed by atoms with Crippen LogP contribution in [0.4, 0.5) is 19.8 Å². The number of urea groups is 1. The van der Waals surface area contributed by atoms with Crippen LogP contribution >= 0.6 is 0 Å². The molecule has 3 aromatic heterocycles. The van der Waals surface area contributed by atoms with Crippen LogP contribution in [0.25, 0.3) is 27.7 Å². The first-order valence-corrected chi connectivity index (χ1v) is 18.3. The van der Waals surface area contributed by atoms with Crippen LogP contribution in [0.5, 0.6) is 5.75 Å². The minimum absolute atomic E-state index is 0.0826. The minimum atomic E-state index is -1.17. The monoisotopic (exact) mass is 739 g/mol. The first-order valence-electron chi connectivity index (χ1n) is 18.3. The molecule has 2 fully saturated rings. The smallest absolute Gasteiger partial charge is 0.407 e. The molecule has 2 aliphatic rings. The molecule has 0 aliphatic carbocycles. The maximum atomic E-state index is 15.3. The van der Waals surface area contributed by atoms with Gasteiger partial charge in [0.1, 0.15) is 30.5 Å². The van der Waals surface area contributed by atoms with Gasteiger partial charge in [0.15, 0.2) is 5.82 Å². The Labute approximate surface area is 312 Å². The van der Waals surface area contributed by atoms with E-state index >= 15 is 4.39 Å². The van der Waals surface area contributed by atoms with Crippen LogP contribution in [0.3, 0.4) is 0 Å². The van der Waals surface area contributed by atoms with E-state index in [4.69, 9.17) is 9.47 Å². The summed E-state index contributed by atoms with van der Waals surface area (Å²) in [5, 5.41) is 15.0. The fourth-order valence-corrected chi connectivity index (χ4v) is 7.17. The van der Waals surface area contributed by atoms with Gasteiger partial charge in [-0.05, 0) is 94.4 Å². The van der Waals surface area contributed by atoms with E-state index in [2.05, 4.69) is 42.8 Å². The van der Waals surface area contributed by atoms with E-state index in [1.807, 2.05) is 65.1 Å². The molecule has 284 valence electrons. The van der Waals surface area contributed by atoms with Crippen molar-refractivity contribution in [2.24, 2.45) is 7.05 Å². The second-order valence-corrected chi connectivity index (χ2v) is 15.1. The number of hydrogen-bond acceptors (Lipinski definition) is 9. The highest BCUT2D eigenvalue weighted by Crippen LogP contribution is 2.34. The maximum absolute atomic E-state index is 15.3. The van der Waals surface area contributed by atoms with Gasteiger partial charge in [0.25, 0.3) is 0 Å². The zero-order valence-electron chi connectivity index (χ0n) is 31.3. The molecular formula is C39H46FN9O5. The van der Waals surface area contributed by atoms with Crippen molar-refractivity contribution in [2.45, 2.75) is 71.2 Å². The Morgan fingerprint density at radius 1 is 1.07 bits per heavy atom. The van der Waals surface area contributed by atoms with Gasteiger partial charge < -0.3 is 19.7 Å². The van der Waals surface area contributed by atoms with Crippen LogP contribution < -0.4 is 20.3 Å². The molecule has 0 saturated carbocycles.